The smallest absolute Gasteiger partial charge is 0.363 e. The molecule has 1 heterocycles. The van der Waals surface area contributed by atoms with Gasteiger partial charge in [-0.3, -0.25) is 10.1 Å². The Morgan fingerprint density at radius 3 is 2.46 bits per heavy atom. The Morgan fingerprint density at radius 2 is 1.80 bits per heavy atom. The van der Waals surface area contributed by atoms with Crippen molar-refractivity contribution in [2.75, 3.05) is 6.61 Å². The van der Waals surface area contributed by atoms with Crippen molar-refractivity contribution < 1.29 is 23.9 Å². The normalized spacial score (nSPS) is 14.0. The number of nitro benzene ring substituents is 1. The van der Waals surface area contributed by atoms with Gasteiger partial charge in [-0.15, -0.1) is 0 Å². The van der Waals surface area contributed by atoms with Gasteiger partial charge in [-0.05, 0) is 67.4 Å². The number of hydrogen-bond acceptors (Lipinski definition) is 7. The van der Waals surface area contributed by atoms with Crippen molar-refractivity contribution in [2.24, 2.45) is 4.99 Å². The zero-order valence-electron chi connectivity index (χ0n) is 19.0. The van der Waals surface area contributed by atoms with Gasteiger partial charge >= 0.3 is 5.97 Å². The molecule has 0 spiro atoms. The summed E-state index contributed by atoms with van der Waals surface area (Å²) in [6.45, 7) is 4.29. The number of esters is 1. The van der Waals surface area contributed by atoms with Crippen LogP contribution in [0.5, 0.6) is 11.5 Å². The molecule has 0 saturated heterocycles. The number of nitrogens with zero attached hydrogens (tertiary/aromatic N) is 2. The van der Waals surface area contributed by atoms with Crippen LogP contribution >= 0.6 is 11.6 Å². The van der Waals surface area contributed by atoms with Gasteiger partial charge in [-0.25, -0.2) is 9.79 Å². The summed E-state index contributed by atoms with van der Waals surface area (Å²) in [4.78, 5) is 27.1. The number of rotatable bonds is 8. The van der Waals surface area contributed by atoms with E-state index < -0.39 is 10.9 Å². The third kappa shape index (κ3) is 5.67. The first-order valence-electron chi connectivity index (χ1n) is 10.8. The fourth-order valence-corrected chi connectivity index (χ4v) is 3.60. The van der Waals surface area contributed by atoms with Crippen LogP contribution in [0.15, 0.2) is 71.4 Å². The highest BCUT2D eigenvalue weighted by atomic mass is 35.5. The van der Waals surface area contributed by atoms with E-state index in [1.807, 2.05) is 38.1 Å². The molecule has 0 fully saturated rings. The zero-order chi connectivity index (χ0) is 24.9. The molecule has 8 nitrogen and oxygen atoms in total. The van der Waals surface area contributed by atoms with Crippen LogP contribution in [0.3, 0.4) is 0 Å². The van der Waals surface area contributed by atoms with Gasteiger partial charge in [-0.2, -0.15) is 0 Å². The van der Waals surface area contributed by atoms with E-state index in [1.54, 1.807) is 30.3 Å². The molecule has 9 heteroatoms. The standard InChI is InChI=1S/C26H21ClN2O6/c1-3-33-23-14-18(13-22-26(30)35-25(28-22)19-8-4-16(2)5-9-19)12-21(27)24(23)34-15-17-6-10-20(11-7-17)29(31)32/h4-14H,3,15H2,1-2H3/b22-13-. The Kier molecular flexibility index (Phi) is 7.12. The highest BCUT2D eigenvalue weighted by Gasteiger charge is 2.24. The topological polar surface area (TPSA) is 100 Å². The molecule has 0 amide bonds. The van der Waals surface area contributed by atoms with Crippen molar-refractivity contribution in [3.63, 3.8) is 0 Å². The second kappa shape index (κ2) is 10.4. The van der Waals surface area contributed by atoms with E-state index in [-0.39, 0.29) is 28.9 Å². The largest absolute Gasteiger partial charge is 0.490 e. The Morgan fingerprint density at radius 1 is 1.09 bits per heavy atom. The number of cyclic esters (lactones) is 1. The minimum atomic E-state index is -0.562. The summed E-state index contributed by atoms with van der Waals surface area (Å²) >= 11 is 6.49. The molecular formula is C26H21ClN2O6. The molecule has 0 bridgehead atoms. The van der Waals surface area contributed by atoms with Gasteiger partial charge in [0.05, 0.1) is 16.6 Å². The summed E-state index contributed by atoms with van der Waals surface area (Å²) in [5, 5.41) is 11.1. The second-order valence-corrected chi connectivity index (χ2v) is 8.08. The van der Waals surface area contributed by atoms with E-state index in [0.717, 1.165) is 11.1 Å². The number of halogens is 1. The molecule has 3 aromatic rings. The summed E-state index contributed by atoms with van der Waals surface area (Å²) in [7, 11) is 0. The van der Waals surface area contributed by atoms with Crippen LogP contribution in [0.2, 0.25) is 5.02 Å². The molecule has 0 aromatic heterocycles. The van der Waals surface area contributed by atoms with Crippen LogP contribution in [0.25, 0.3) is 6.08 Å². The highest BCUT2D eigenvalue weighted by Crippen LogP contribution is 2.38. The molecule has 4 rings (SSSR count). The number of hydrogen-bond donors (Lipinski definition) is 0. The van der Waals surface area contributed by atoms with Gasteiger partial charge in [0.15, 0.2) is 17.2 Å². The Hall–Kier alpha value is -4.17. The third-order valence-corrected chi connectivity index (χ3v) is 5.37. The molecule has 0 atom stereocenters. The minimum Gasteiger partial charge on any atom is -0.490 e. The number of aliphatic imine (C=N–C) groups is 1. The summed E-state index contributed by atoms with van der Waals surface area (Å²) in [5.41, 5.74) is 3.24. The van der Waals surface area contributed by atoms with Crippen LogP contribution in [0.4, 0.5) is 5.69 Å². The molecule has 0 saturated carbocycles. The SMILES string of the molecule is CCOc1cc(/C=C2\N=C(c3ccc(C)cc3)OC2=O)cc(Cl)c1OCc1ccc([N+](=O)[O-])cc1. The number of ether oxygens (including phenoxy) is 3. The first kappa shape index (κ1) is 24.0. The first-order valence-corrected chi connectivity index (χ1v) is 11.1. The molecule has 35 heavy (non-hydrogen) atoms. The Balaban J connectivity index is 1.57. The van der Waals surface area contributed by atoms with E-state index in [0.29, 0.717) is 29.2 Å². The van der Waals surface area contributed by atoms with Crippen molar-refractivity contribution in [1.82, 2.24) is 0 Å². The summed E-state index contributed by atoms with van der Waals surface area (Å²) in [5.74, 6) is 0.392. The van der Waals surface area contributed by atoms with Crippen molar-refractivity contribution in [2.45, 2.75) is 20.5 Å². The van der Waals surface area contributed by atoms with Crippen LogP contribution in [0.1, 0.15) is 29.2 Å². The average molecular weight is 493 g/mol. The van der Waals surface area contributed by atoms with Crippen molar-refractivity contribution in [1.29, 1.82) is 0 Å². The monoisotopic (exact) mass is 492 g/mol. The average Bonchev–Trinajstić information content (AvgIpc) is 3.19. The van der Waals surface area contributed by atoms with E-state index in [9.17, 15) is 14.9 Å². The van der Waals surface area contributed by atoms with Crippen LogP contribution < -0.4 is 9.47 Å². The lowest BCUT2D eigenvalue weighted by molar-refractivity contribution is -0.384. The molecule has 1 aliphatic rings. The Bertz CT molecular complexity index is 1330. The molecule has 0 N–H and O–H groups in total. The molecule has 3 aromatic carbocycles. The first-order chi connectivity index (χ1) is 16.8. The molecule has 178 valence electrons. The predicted octanol–water partition coefficient (Wildman–Crippen LogP) is 5.88. The van der Waals surface area contributed by atoms with E-state index >= 15 is 0 Å². The van der Waals surface area contributed by atoms with Gasteiger partial charge in [0.2, 0.25) is 5.90 Å². The van der Waals surface area contributed by atoms with Gasteiger partial charge in [0.1, 0.15) is 6.61 Å². The lowest BCUT2D eigenvalue weighted by atomic mass is 10.1. The maximum absolute atomic E-state index is 12.4. The number of carbonyl (C=O) groups is 1. The van der Waals surface area contributed by atoms with E-state index in [2.05, 4.69) is 4.99 Å². The summed E-state index contributed by atoms with van der Waals surface area (Å²) in [6, 6.07) is 16.9. The van der Waals surface area contributed by atoms with Gasteiger partial charge in [0.25, 0.3) is 5.69 Å². The fourth-order valence-electron chi connectivity index (χ4n) is 3.33. The summed E-state index contributed by atoms with van der Waals surface area (Å²) in [6.07, 6.45) is 1.57. The number of aryl methyl sites for hydroxylation is 1. The van der Waals surface area contributed by atoms with Crippen molar-refractivity contribution in [3.8, 4) is 11.5 Å². The highest BCUT2D eigenvalue weighted by molar-refractivity contribution is 6.32. The third-order valence-electron chi connectivity index (χ3n) is 5.08. The van der Waals surface area contributed by atoms with Gasteiger partial charge in [0, 0.05) is 17.7 Å². The summed E-state index contributed by atoms with van der Waals surface area (Å²) < 4.78 is 16.9. The number of non-ortho nitro benzene ring substituents is 1. The van der Waals surface area contributed by atoms with Crippen LogP contribution in [-0.2, 0) is 16.1 Å². The molecular weight excluding hydrogens is 472 g/mol. The van der Waals surface area contributed by atoms with Gasteiger partial charge in [-0.1, -0.05) is 29.3 Å². The number of nitro groups is 1. The zero-order valence-corrected chi connectivity index (χ0v) is 19.7. The van der Waals surface area contributed by atoms with Crippen molar-refractivity contribution >= 4 is 35.2 Å². The predicted molar refractivity (Wildman–Crippen MR) is 132 cm³/mol. The second-order valence-electron chi connectivity index (χ2n) is 7.68. The van der Waals surface area contributed by atoms with Gasteiger partial charge < -0.3 is 14.2 Å². The molecule has 0 unspecified atom stereocenters. The van der Waals surface area contributed by atoms with Crippen LogP contribution in [0, 0.1) is 17.0 Å². The lowest BCUT2D eigenvalue weighted by Gasteiger charge is -2.14. The molecule has 1 aliphatic heterocycles. The molecule has 0 radical (unpaired) electrons. The fraction of sp³-hybridized carbons (Fsp3) is 0.154. The van der Waals surface area contributed by atoms with E-state index in [1.165, 1.54) is 12.1 Å². The number of carbonyl (C=O) groups excluding carboxylic acids is 1. The van der Waals surface area contributed by atoms with E-state index in [4.69, 9.17) is 25.8 Å². The van der Waals surface area contributed by atoms with Crippen molar-refractivity contribution in [3.05, 3.63) is 104 Å². The number of benzene rings is 3. The Labute approximate surface area is 206 Å². The quantitative estimate of drug-likeness (QED) is 0.168. The minimum absolute atomic E-state index is 0.00203. The maximum atomic E-state index is 12.4. The maximum Gasteiger partial charge on any atom is 0.363 e. The van der Waals surface area contributed by atoms with Crippen LogP contribution in [-0.4, -0.2) is 23.4 Å². The molecule has 0 aliphatic carbocycles. The lowest BCUT2D eigenvalue weighted by Crippen LogP contribution is -2.05.